The second-order valence-corrected chi connectivity index (χ2v) is 2.90. The van der Waals surface area contributed by atoms with Crippen LogP contribution in [0, 0.1) is 0 Å². The van der Waals surface area contributed by atoms with E-state index >= 15 is 0 Å². The molecule has 0 spiro atoms. The summed E-state index contributed by atoms with van der Waals surface area (Å²) in [5, 5.41) is 9.23. The molecule has 0 amide bonds. The first kappa shape index (κ1) is 5.55. The lowest BCUT2D eigenvalue weighted by Gasteiger charge is -1.86. The van der Waals surface area contributed by atoms with Crippen LogP contribution in [0.5, 0.6) is 5.06 Å². The molecule has 0 aromatic carbocycles. The van der Waals surface area contributed by atoms with Gasteiger partial charge in [0.05, 0.1) is 6.20 Å². The summed E-state index contributed by atoms with van der Waals surface area (Å²) in [6.07, 6.45) is 3.22. The summed E-state index contributed by atoms with van der Waals surface area (Å²) < 4.78 is 1.64. The summed E-state index contributed by atoms with van der Waals surface area (Å²) in [5.41, 5.74) is 5.47. The predicted octanol–water partition coefficient (Wildman–Crippen LogP) is 0.684. The number of thiazole rings is 1. The van der Waals surface area contributed by atoms with Crippen LogP contribution in [0.1, 0.15) is 0 Å². The van der Waals surface area contributed by atoms with Gasteiger partial charge in [0, 0.05) is 0 Å². The van der Waals surface area contributed by atoms with Crippen LogP contribution in [-0.4, -0.2) is 14.5 Å². The van der Waals surface area contributed by atoms with Crippen LogP contribution in [0.25, 0.3) is 4.83 Å². The number of hydrogen-bond donors (Lipinski definition) is 2. The molecule has 2 aromatic rings. The number of hydrogen-bond acceptors (Lipinski definition) is 4. The molecule has 0 fully saturated rings. The molecule has 0 saturated heterocycles. The van der Waals surface area contributed by atoms with Gasteiger partial charge in [-0.05, 0) is 0 Å². The second-order valence-electron chi connectivity index (χ2n) is 1.89. The monoisotopic (exact) mass is 155 g/mol. The highest BCUT2D eigenvalue weighted by Crippen LogP contribution is 2.30. The molecule has 10 heavy (non-hydrogen) atoms. The van der Waals surface area contributed by atoms with Crippen molar-refractivity contribution in [3.8, 4) is 5.06 Å². The molecule has 0 bridgehead atoms. The Balaban J connectivity index is 2.95. The van der Waals surface area contributed by atoms with E-state index in [1.165, 1.54) is 11.3 Å². The van der Waals surface area contributed by atoms with Gasteiger partial charge in [0.15, 0.2) is 5.82 Å². The highest BCUT2D eigenvalue weighted by Gasteiger charge is 2.05. The largest absolute Gasteiger partial charge is 0.497 e. The number of rotatable bonds is 0. The van der Waals surface area contributed by atoms with Crippen molar-refractivity contribution < 1.29 is 5.11 Å². The van der Waals surface area contributed by atoms with Crippen molar-refractivity contribution in [1.82, 2.24) is 9.38 Å². The lowest BCUT2D eigenvalue weighted by atomic mass is 10.7. The van der Waals surface area contributed by atoms with E-state index in [0.29, 0.717) is 5.82 Å². The normalized spacial score (nSPS) is 10.8. The Hall–Kier alpha value is -1.23. The molecule has 0 radical (unpaired) electrons. The van der Waals surface area contributed by atoms with E-state index in [1.54, 1.807) is 16.9 Å². The fourth-order valence-corrected chi connectivity index (χ4v) is 1.55. The number of nitrogens with zero attached hydrogens (tertiary/aromatic N) is 2. The third-order valence-electron chi connectivity index (χ3n) is 1.28. The van der Waals surface area contributed by atoms with Gasteiger partial charge in [-0.1, -0.05) is 11.3 Å². The maximum Gasteiger partial charge on any atom is 0.215 e. The molecule has 2 rings (SSSR count). The van der Waals surface area contributed by atoms with Crippen molar-refractivity contribution in [1.29, 1.82) is 0 Å². The van der Waals surface area contributed by atoms with Crippen LogP contribution in [0.4, 0.5) is 5.82 Å². The number of nitrogens with two attached hydrogens (primary N) is 1. The first-order valence-electron chi connectivity index (χ1n) is 2.68. The van der Waals surface area contributed by atoms with E-state index in [9.17, 15) is 0 Å². The number of fused-ring (bicyclic) bond motifs is 1. The second kappa shape index (κ2) is 1.63. The predicted molar refractivity (Wildman–Crippen MR) is 39.1 cm³/mol. The Morgan fingerprint density at radius 3 is 3.20 bits per heavy atom. The lowest BCUT2D eigenvalue weighted by molar-refractivity contribution is 0.491. The minimum atomic E-state index is 0.150. The van der Waals surface area contributed by atoms with Crippen LogP contribution >= 0.6 is 11.3 Å². The molecule has 0 unspecified atom stereocenters. The summed E-state index contributed by atoms with van der Waals surface area (Å²) in [7, 11) is 0. The van der Waals surface area contributed by atoms with Gasteiger partial charge in [-0.3, -0.25) is 4.40 Å². The molecule has 4 nitrogen and oxygen atoms in total. The first-order valence-corrected chi connectivity index (χ1v) is 3.50. The molecule has 0 atom stereocenters. The summed E-state index contributed by atoms with van der Waals surface area (Å²) >= 11 is 1.22. The first-order chi connectivity index (χ1) is 4.79. The Labute approximate surface area is 60.5 Å². The van der Waals surface area contributed by atoms with Crippen molar-refractivity contribution in [3.63, 3.8) is 0 Å². The van der Waals surface area contributed by atoms with Gasteiger partial charge in [0.1, 0.15) is 11.2 Å². The van der Waals surface area contributed by atoms with Crippen LogP contribution < -0.4 is 5.73 Å². The van der Waals surface area contributed by atoms with Gasteiger partial charge in [-0.2, -0.15) is 0 Å². The van der Waals surface area contributed by atoms with Gasteiger partial charge in [0.25, 0.3) is 0 Å². The molecular formula is C5H5N3OS. The molecule has 0 aliphatic carbocycles. The quantitative estimate of drug-likeness (QED) is 0.588. The molecule has 2 aromatic heterocycles. The van der Waals surface area contributed by atoms with Crippen molar-refractivity contribution in [2.24, 2.45) is 0 Å². The number of nitrogen functional groups attached to an aromatic ring is 1. The molecule has 5 heteroatoms. The van der Waals surface area contributed by atoms with Crippen LogP contribution in [0.2, 0.25) is 0 Å². The van der Waals surface area contributed by atoms with Gasteiger partial charge in [-0.25, -0.2) is 4.98 Å². The van der Waals surface area contributed by atoms with E-state index in [1.807, 2.05) is 0 Å². The minimum absolute atomic E-state index is 0.150. The zero-order valence-corrected chi connectivity index (χ0v) is 5.80. The number of aromatic nitrogens is 2. The standard InChI is InChI=1S/C5H5N3OS/c6-4-5(9)10-3-1-7-2-8(3)4/h1-2,9H,6H2. The smallest absolute Gasteiger partial charge is 0.215 e. The highest BCUT2D eigenvalue weighted by molar-refractivity contribution is 7.19. The summed E-state index contributed by atoms with van der Waals surface area (Å²) in [5.74, 6) is 0.359. The molecule has 3 N–H and O–H groups in total. The van der Waals surface area contributed by atoms with Crippen LogP contribution in [-0.2, 0) is 0 Å². The molecule has 0 aliphatic heterocycles. The fraction of sp³-hybridized carbons (Fsp3) is 0. The average Bonchev–Trinajstić information content (AvgIpc) is 2.41. The van der Waals surface area contributed by atoms with Crippen molar-refractivity contribution in [3.05, 3.63) is 12.5 Å². The van der Waals surface area contributed by atoms with Crippen molar-refractivity contribution in [2.45, 2.75) is 0 Å². The maximum atomic E-state index is 9.08. The number of imidazole rings is 1. The Kier molecular flexibility index (Phi) is 0.906. The average molecular weight is 155 g/mol. The van der Waals surface area contributed by atoms with Crippen molar-refractivity contribution >= 4 is 22.0 Å². The van der Waals surface area contributed by atoms with Gasteiger partial charge < -0.3 is 10.8 Å². The minimum Gasteiger partial charge on any atom is -0.497 e. The van der Waals surface area contributed by atoms with E-state index in [4.69, 9.17) is 10.8 Å². The third kappa shape index (κ3) is 0.522. The molecule has 0 saturated carbocycles. The summed E-state index contributed by atoms with van der Waals surface area (Å²) in [4.78, 5) is 4.70. The third-order valence-corrected chi connectivity index (χ3v) is 2.20. The van der Waals surface area contributed by atoms with E-state index in [-0.39, 0.29) is 5.06 Å². The Morgan fingerprint density at radius 1 is 1.70 bits per heavy atom. The highest BCUT2D eigenvalue weighted by atomic mass is 32.1. The van der Waals surface area contributed by atoms with Gasteiger partial charge >= 0.3 is 0 Å². The van der Waals surface area contributed by atoms with Crippen LogP contribution in [0.15, 0.2) is 12.5 Å². The molecule has 52 valence electrons. The SMILES string of the molecule is Nc1c(O)sc2cncn12. The van der Waals surface area contributed by atoms with Gasteiger partial charge in [0.2, 0.25) is 5.06 Å². The maximum absolute atomic E-state index is 9.08. The topological polar surface area (TPSA) is 63.5 Å². The number of anilines is 1. The van der Waals surface area contributed by atoms with E-state index in [2.05, 4.69) is 4.98 Å². The fourth-order valence-electron chi connectivity index (χ4n) is 0.794. The summed E-state index contributed by atoms with van der Waals surface area (Å²) in [6.45, 7) is 0. The Bertz CT molecular complexity index is 364. The zero-order chi connectivity index (χ0) is 7.14. The molecule has 2 heterocycles. The van der Waals surface area contributed by atoms with E-state index in [0.717, 1.165) is 4.83 Å². The lowest BCUT2D eigenvalue weighted by Crippen LogP contribution is -1.88. The van der Waals surface area contributed by atoms with Gasteiger partial charge in [-0.15, -0.1) is 0 Å². The molecule has 0 aliphatic rings. The zero-order valence-electron chi connectivity index (χ0n) is 4.98. The Morgan fingerprint density at radius 2 is 2.50 bits per heavy atom. The molecular weight excluding hydrogens is 150 g/mol. The van der Waals surface area contributed by atoms with Crippen LogP contribution in [0.3, 0.4) is 0 Å². The summed E-state index contributed by atoms with van der Waals surface area (Å²) in [6, 6.07) is 0. The van der Waals surface area contributed by atoms with Crippen molar-refractivity contribution in [2.75, 3.05) is 5.73 Å². The number of aromatic hydroxyl groups is 1. The van der Waals surface area contributed by atoms with E-state index < -0.39 is 0 Å².